The number of carbonyl (C=O) groups excluding carboxylic acids is 2. The molecule has 2 aliphatic heterocycles. The Balaban J connectivity index is 1.43. The van der Waals surface area contributed by atoms with Crippen LogP contribution in [0.25, 0.3) is 0 Å². The summed E-state index contributed by atoms with van der Waals surface area (Å²) in [4.78, 5) is 29.5. The molecule has 4 rings (SSSR count). The molecule has 1 aromatic heterocycles. The molecule has 1 aromatic carbocycles. The van der Waals surface area contributed by atoms with Gasteiger partial charge in [-0.1, -0.05) is 0 Å². The molecule has 3 heterocycles. The van der Waals surface area contributed by atoms with E-state index in [2.05, 4.69) is 5.16 Å². The van der Waals surface area contributed by atoms with Crippen molar-refractivity contribution in [3.63, 3.8) is 0 Å². The molecule has 2 aliphatic rings. The highest BCUT2D eigenvalue weighted by atomic mass is 19.1. The summed E-state index contributed by atoms with van der Waals surface area (Å²) < 4.78 is 40.8. The lowest BCUT2D eigenvalue weighted by molar-refractivity contribution is -0.167. The molecule has 0 N–H and O–H groups in total. The summed E-state index contributed by atoms with van der Waals surface area (Å²) in [5.74, 6) is 0.822. The number of aromatic nitrogens is 1. The van der Waals surface area contributed by atoms with Crippen LogP contribution in [0.3, 0.4) is 0 Å². The van der Waals surface area contributed by atoms with Crippen molar-refractivity contribution in [1.29, 1.82) is 0 Å². The molecular formula is C24H30FN3O7. The molecule has 10 nitrogen and oxygen atoms in total. The van der Waals surface area contributed by atoms with Crippen LogP contribution < -0.4 is 9.47 Å². The zero-order chi connectivity index (χ0) is 24.7. The standard InChI is InChI=1S/C24H30FN3O7/c1-31-21-14-20(35-26-21)6-7-22(29)28-10-13-34-24(16-28,15-23(30)27-8-11-32-12-9-27)17-33-19-4-2-18(25)3-5-19/h2-5,14H,6-13,15-17H2,1H3/t24-/m1/s1. The summed E-state index contributed by atoms with van der Waals surface area (Å²) in [5, 5.41) is 3.75. The van der Waals surface area contributed by atoms with Crippen molar-refractivity contribution in [2.24, 2.45) is 0 Å². The number of methoxy groups -OCH3 is 1. The van der Waals surface area contributed by atoms with Crippen LogP contribution in [0.5, 0.6) is 11.6 Å². The van der Waals surface area contributed by atoms with E-state index in [1.54, 1.807) is 15.9 Å². The number of halogens is 1. The van der Waals surface area contributed by atoms with E-state index < -0.39 is 5.60 Å². The first-order valence-electron chi connectivity index (χ1n) is 11.6. The predicted molar refractivity (Wildman–Crippen MR) is 121 cm³/mol. The lowest BCUT2D eigenvalue weighted by Gasteiger charge is -2.43. The van der Waals surface area contributed by atoms with Gasteiger partial charge in [-0.15, -0.1) is 0 Å². The number of aryl methyl sites for hydroxylation is 1. The van der Waals surface area contributed by atoms with Gasteiger partial charge < -0.3 is 33.3 Å². The average Bonchev–Trinajstić information content (AvgIpc) is 3.36. The van der Waals surface area contributed by atoms with Crippen molar-refractivity contribution in [1.82, 2.24) is 15.0 Å². The highest BCUT2D eigenvalue weighted by Crippen LogP contribution is 2.26. The van der Waals surface area contributed by atoms with Crippen molar-refractivity contribution < 1.29 is 37.5 Å². The van der Waals surface area contributed by atoms with Gasteiger partial charge in [-0.05, 0) is 29.4 Å². The van der Waals surface area contributed by atoms with Crippen LogP contribution in [-0.2, 0) is 25.5 Å². The van der Waals surface area contributed by atoms with E-state index in [0.717, 1.165) is 0 Å². The normalized spacial score (nSPS) is 20.5. The van der Waals surface area contributed by atoms with Gasteiger partial charge in [0.05, 0.1) is 39.9 Å². The van der Waals surface area contributed by atoms with Crippen LogP contribution in [0.15, 0.2) is 34.9 Å². The van der Waals surface area contributed by atoms with E-state index in [1.165, 1.54) is 31.4 Å². The second-order valence-corrected chi connectivity index (χ2v) is 8.59. The summed E-state index contributed by atoms with van der Waals surface area (Å²) in [5.41, 5.74) is -1.03. The molecule has 0 bridgehead atoms. The third-order valence-electron chi connectivity index (χ3n) is 6.09. The summed E-state index contributed by atoms with van der Waals surface area (Å²) >= 11 is 0. The summed E-state index contributed by atoms with van der Waals surface area (Å²) in [6.07, 6.45) is 0.639. The Bertz CT molecular complexity index is 993. The van der Waals surface area contributed by atoms with Crippen LogP contribution in [0.2, 0.25) is 0 Å². The van der Waals surface area contributed by atoms with Crippen LogP contribution >= 0.6 is 0 Å². The fourth-order valence-electron chi connectivity index (χ4n) is 4.15. The first kappa shape index (κ1) is 24.9. The smallest absolute Gasteiger partial charge is 0.254 e. The molecule has 2 amide bonds. The van der Waals surface area contributed by atoms with Crippen LogP contribution in [0.1, 0.15) is 18.6 Å². The highest BCUT2D eigenvalue weighted by Gasteiger charge is 2.42. The SMILES string of the molecule is COc1cc(CCC(=O)N2CCO[C@](COc3ccc(F)cc3)(CC(=O)N3CCOCC3)C2)on1. The summed E-state index contributed by atoms with van der Waals surface area (Å²) in [7, 11) is 1.49. The quantitative estimate of drug-likeness (QED) is 0.522. The van der Waals surface area contributed by atoms with Crippen LogP contribution in [-0.4, -0.2) is 92.1 Å². The van der Waals surface area contributed by atoms with Gasteiger partial charge in [0.15, 0.2) is 0 Å². The second kappa shape index (κ2) is 11.5. The van der Waals surface area contributed by atoms with Crippen molar-refractivity contribution in [3.8, 4) is 11.6 Å². The minimum absolute atomic E-state index is 0.0395. The zero-order valence-electron chi connectivity index (χ0n) is 19.7. The third-order valence-corrected chi connectivity index (χ3v) is 6.09. The Morgan fingerprint density at radius 3 is 2.54 bits per heavy atom. The Labute approximate surface area is 202 Å². The monoisotopic (exact) mass is 491 g/mol. The number of nitrogens with zero attached hydrogens (tertiary/aromatic N) is 3. The number of hydrogen-bond donors (Lipinski definition) is 0. The number of rotatable bonds is 9. The number of amides is 2. The van der Waals surface area contributed by atoms with Gasteiger partial charge in [0.1, 0.15) is 29.5 Å². The Morgan fingerprint density at radius 1 is 1.09 bits per heavy atom. The maximum Gasteiger partial charge on any atom is 0.254 e. The summed E-state index contributed by atoms with van der Waals surface area (Å²) in [6, 6.07) is 7.29. The maximum atomic E-state index is 13.3. The topological polar surface area (TPSA) is 104 Å². The van der Waals surface area contributed by atoms with E-state index in [4.69, 9.17) is 23.5 Å². The molecule has 0 unspecified atom stereocenters. The molecule has 2 aromatic rings. The van der Waals surface area contributed by atoms with Gasteiger partial charge in [-0.3, -0.25) is 9.59 Å². The molecule has 0 spiro atoms. The van der Waals surface area contributed by atoms with Gasteiger partial charge in [0.25, 0.3) is 5.88 Å². The number of hydrogen-bond acceptors (Lipinski definition) is 8. The van der Waals surface area contributed by atoms with Gasteiger partial charge in [0.2, 0.25) is 11.8 Å². The Morgan fingerprint density at radius 2 is 1.83 bits per heavy atom. The zero-order valence-corrected chi connectivity index (χ0v) is 19.7. The number of ether oxygens (including phenoxy) is 4. The lowest BCUT2D eigenvalue weighted by Crippen LogP contribution is -2.58. The number of morpholine rings is 2. The molecule has 1 atom stereocenters. The predicted octanol–water partition coefficient (Wildman–Crippen LogP) is 1.68. The molecule has 11 heteroatoms. The van der Waals surface area contributed by atoms with Crippen LogP contribution in [0.4, 0.5) is 4.39 Å². The first-order chi connectivity index (χ1) is 17.0. The second-order valence-electron chi connectivity index (χ2n) is 8.59. The fraction of sp³-hybridized carbons (Fsp3) is 0.542. The number of benzene rings is 1. The molecule has 2 saturated heterocycles. The van der Waals surface area contributed by atoms with E-state index in [1.807, 2.05) is 0 Å². The molecular weight excluding hydrogens is 461 g/mol. The Hall–Kier alpha value is -3.18. The minimum Gasteiger partial charge on any atom is -0.490 e. The van der Waals surface area contributed by atoms with Crippen LogP contribution in [0, 0.1) is 5.82 Å². The first-order valence-corrected chi connectivity index (χ1v) is 11.6. The summed E-state index contributed by atoms with van der Waals surface area (Å²) in [6.45, 7) is 2.91. The van der Waals surface area contributed by atoms with Crippen molar-refractivity contribution in [2.45, 2.75) is 24.9 Å². The minimum atomic E-state index is -1.03. The maximum absolute atomic E-state index is 13.3. The fourth-order valence-corrected chi connectivity index (χ4v) is 4.15. The van der Waals surface area contributed by atoms with Gasteiger partial charge >= 0.3 is 0 Å². The van der Waals surface area contributed by atoms with Crippen molar-refractivity contribution in [2.75, 3.05) is 59.7 Å². The molecule has 0 aliphatic carbocycles. The van der Waals surface area contributed by atoms with Gasteiger partial charge in [-0.2, -0.15) is 0 Å². The molecule has 35 heavy (non-hydrogen) atoms. The number of carbonyl (C=O) groups is 2. The van der Waals surface area contributed by atoms with Gasteiger partial charge in [-0.25, -0.2) is 4.39 Å². The molecule has 190 valence electrons. The van der Waals surface area contributed by atoms with Crippen molar-refractivity contribution in [3.05, 3.63) is 41.9 Å². The van der Waals surface area contributed by atoms with E-state index in [-0.39, 0.29) is 50.2 Å². The van der Waals surface area contributed by atoms with E-state index in [0.29, 0.717) is 56.7 Å². The highest BCUT2D eigenvalue weighted by molar-refractivity contribution is 5.79. The largest absolute Gasteiger partial charge is 0.490 e. The van der Waals surface area contributed by atoms with E-state index >= 15 is 0 Å². The molecule has 0 radical (unpaired) electrons. The Kier molecular flexibility index (Phi) is 8.19. The average molecular weight is 492 g/mol. The van der Waals surface area contributed by atoms with Gasteiger partial charge in [0, 0.05) is 38.5 Å². The molecule has 0 saturated carbocycles. The lowest BCUT2D eigenvalue weighted by atomic mass is 9.96. The third kappa shape index (κ3) is 6.70. The van der Waals surface area contributed by atoms with E-state index in [9.17, 15) is 14.0 Å². The van der Waals surface area contributed by atoms with Crippen molar-refractivity contribution >= 4 is 11.8 Å². The molecule has 2 fully saturated rings.